The molecule has 5 nitrogen and oxygen atoms in total. The Morgan fingerprint density at radius 3 is 2.37 bits per heavy atom. The van der Waals surface area contributed by atoms with Crippen LogP contribution < -0.4 is 10.6 Å². The van der Waals surface area contributed by atoms with Gasteiger partial charge in [-0.15, -0.1) is 0 Å². The molecule has 2 heterocycles. The molecule has 0 spiro atoms. The standard InChI is InChI=1S/C24H31N3O2Si/c1-17(29-30(5,6)24(2,3)4)22-25-20-15-11-10-14-19(20)23(28)27(22)26-16-21(26)18-12-8-7-9-13-18/h7-15,17,21H,16H2,1-6H3/t17-,21+,26?/m0/s1. The van der Waals surface area contributed by atoms with E-state index in [1.54, 1.807) is 4.68 Å². The van der Waals surface area contributed by atoms with Gasteiger partial charge in [0.2, 0.25) is 0 Å². The van der Waals surface area contributed by atoms with Crippen molar-refractivity contribution in [3.8, 4) is 0 Å². The summed E-state index contributed by atoms with van der Waals surface area (Å²) in [5.74, 6) is 0.682. The fourth-order valence-electron chi connectivity index (χ4n) is 3.63. The molecule has 0 aliphatic carbocycles. The molecule has 3 aromatic rings. The van der Waals surface area contributed by atoms with Crippen LogP contribution in [0.25, 0.3) is 10.9 Å². The summed E-state index contributed by atoms with van der Waals surface area (Å²) in [4.78, 5) is 18.4. The lowest BCUT2D eigenvalue weighted by molar-refractivity contribution is 0.188. The minimum absolute atomic E-state index is 0.0280. The molecule has 0 N–H and O–H groups in total. The minimum atomic E-state index is -2.03. The second-order valence-electron chi connectivity index (χ2n) is 9.67. The quantitative estimate of drug-likeness (QED) is 0.421. The van der Waals surface area contributed by atoms with E-state index in [4.69, 9.17) is 9.41 Å². The predicted molar refractivity (Wildman–Crippen MR) is 125 cm³/mol. The van der Waals surface area contributed by atoms with E-state index in [0.717, 1.165) is 12.1 Å². The fourth-order valence-corrected chi connectivity index (χ4v) is 4.97. The van der Waals surface area contributed by atoms with Crippen LogP contribution in [0.2, 0.25) is 18.1 Å². The average molecular weight is 422 g/mol. The summed E-state index contributed by atoms with van der Waals surface area (Å²) in [7, 11) is -2.03. The number of hydrogen-bond acceptors (Lipinski definition) is 4. The molecule has 0 radical (unpaired) electrons. The highest BCUT2D eigenvalue weighted by Gasteiger charge is 2.42. The first-order valence-corrected chi connectivity index (χ1v) is 13.5. The molecule has 0 saturated carbocycles. The van der Waals surface area contributed by atoms with Crippen molar-refractivity contribution in [3.63, 3.8) is 0 Å². The summed E-state index contributed by atoms with van der Waals surface area (Å²) in [5.41, 5.74) is 1.90. The van der Waals surface area contributed by atoms with Crippen LogP contribution in [-0.2, 0) is 4.43 Å². The van der Waals surface area contributed by atoms with E-state index < -0.39 is 8.32 Å². The van der Waals surface area contributed by atoms with Crippen molar-refractivity contribution in [2.45, 2.75) is 58.0 Å². The van der Waals surface area contributed by atoms with Crippen molar-refractivity contribution >= 4 is 19.2 Å². The van der Waals surface area contributed by atoms with E-state index in [2.05, 4.69) is 51.0 Å². The highest BCUT2D eigenvalue weighted by molar-refractivity contribution is 6.74. The largest absolute Gasteiger partial charge is 0.407 e. The Bertz CT molecular complexity index is 1120. The summed E-state index contributed by atoms with van der Waals surface area (Å²) in [5, 5.41) is 2.81. The van der Waals surface area contributed by atoms with Crippen LogP contribution in [0.4, 0.5) is 0 Å². The monoisotopic (exact) mass is 421 g/mol. The van der Waals surface area contributed by atoms with Gasteiger partial charge in [-0.1, -0.05) is 63.2 Å². The lowest BCUT2D eigenvalue weighted by atomic mass is 10.2. The first-order valence-electron chi connectivity index (χ1n) is 10.6. The van der Waals surface area contributed by atoms with Crippen LogP contribution in [0.1, 0.15) is 51.2 Å². The second-order valence-corrected chi connectivity index (χ2v) is 14.4. The summed E-state index contributed by atoms with van der Waals surface area (Å²) < 4.78 is 8.40. The molecule has 1 aromatic heterocycles. The molecule has 4 rings (SSSR count). The summed E-state index contributed by atoms with van der Waals surface area (Å²) in [6, 6.07) is 18.1. The molecule has 1 fully saturated rings. The van der Waals surface area contributed by atoms with Crippen LogP contribution in [-0.4, -0.2) is 24.5 Å². The highest BCUT2D eigenvalue weighted by atomic mass is 28.4. The molecule has 1 aliphatic heterocycles. The van der Waals surface area contributed by atoms with E-state index in [9.17, 15) is 4.79 Å². The number of para-hydroxylation sites is 1. The first kappa shape index (κ1) is 20.8. The number of rotatable bonds is 5. The first-order chi connectivity index (χ1) is 14.1. The Morgan fingerprint density at radius 1 is 1.07 bits per heavy atom. The van der Waals surface area contributed by atoms with Crippen molar-refractivity contribution in [2.75, 3.05) is 11.6 Å². The van der Waals surface area contributed by atoms with E-state index in [0.29, 0.717) is 11.2 Å². The van der Waals surface area contributed by atoms with Gasteiger partial charge >= 0.3 is 0 Å². The maximum absolute atomic E-state index is 13.5. The molecular weight excluding hydrogens is 390 g/mol. The van der Waals surface area contributed by atoms with Crippen LogP contribution in [0.5, 0.6) is 0 Å². The third-order valence-electron chi connectivity index (χ3n) is 6.45. The Labute approximate surface area is 179 Å². The molecule has 158 valence electrons. The highest BCUT2D eigenvalue weighted by Crippen LogP contribution is 2.40. The smallest absolute Gasteiger partial charge is 0.280 e. The van der Waals surface area contributed by atoms with Crippen LogP contribution in [0.15, 0.2) is 59.4 Å². The molecule has 6 heteroatoms. The van der Waals surface area contributed by atoms with Crippen molar-refractivity contribution in [2.24, 2.45) is 0 Å². The molecule has 30 heavy (non-hydrogen) atoms. The number of hydrogen-bond donors (Lipinski definition) is 0. The third-order valence-corrected chi connectivity index (χ3v) is 11.0. The zero-order valence-corrected chi connectivity index (χ0v) is 19.7. The van der Waals surface area contributed by atoms with Crippen molar-refractivity contribution in [1.82, 2.24) is 9.66 Å². The number of aromatic nitrogens is 2. The molecule has 2 aromatic carbocycles. The van der Waals surface area contributed by atoms with Crippen molar-refractivity contribution in [1.29, 1.82) is 0 Å². The SMILES string of the molecule is C[C@H](O[Si](C)(C)C(C)(C)C)c1nc2ccccc2c(=O)n1N1C[C@@H]1c1ccccc1. The molecule has 2 atom stereocenters. The van der Waals surface area contributed by atoms with Gasteiger partial charge in [0.25, 0.3) is 5.56 Å². The Morgan fingerprint density at radius 2 is 1.70 bits per heavy atom. The Kier molecular flexibility index (Phi) is 5.10. The van der Waals surface area contributed by atoms with Crippen LogP contribution >= 0.6 is 0 Å². The Balaban J connectivity index is 1.79. The predicted octanol–water partition coefficient (Wildman–Crippen LogP) is 5.17. The van der Waals surface area contributed by atoms with Gasteiger partial charge in [0, 0.05) is 0 Å². The Hall–Kier alpha value is -2.44. The summed E-state index contributed by atoms with van der Waals surface area (Å²) in [6.07, 6.45) is -0.278. The second kappa shape index (κ2) is 7.36. The summed E-state index contributed by atoms with van der Waals surface area (Å²) in [6.45, 7) is 14.0. The van der Waals surface area contributed by atoms with Crippen LogP contribution in [0, 0.1) is 0 Å². The molecule has 0 amide bonds. The fraction of sp³-hybridized carbons (Fsp3) is 0.417. The van der Waals surface area contributed by atoms with E-state index >= 15 is 0 Å². The van der Waals surface area contributed by atoms with Gasteiger partial charge < -0.3 is 4.43 Å². The number of fused-ring (bicyclic) bond motifs is 1. The molecule has 1 aliphatic rings. The minimum Gasteiger partial charge on any atom is -0.407 e. The van der Waals surface area contributed by atoms with Gasteiger partial charge in [0.15, 0.2) is 14.1 Å². The average Bonchev–Trinajstić information content (AvgIpc) is 3.48. The maximum Gasteiger partial charge on any atom is 0.280 e. The lowest BCUT2D eigenvalue weighted by Crippen LogP contribution is -2.43. The summed E-state index contributed by atoms with van der Waals surface area (Å²) >= 11 is 0. The van der Waals surface area contributed by atoms with Crippen molar-refractivity contribution < 1.29 is 4.43 Å². The molecule has 1 saturated heterocycles. The maximum atomic E-state index is 13.5. The zero-order valence-electron chi connectivity index (χ0n) is 18.7. The van der Waals surface area contributed by atoms with Gasteiger partial charge in [-0.25, -0.2) is 9.66 Å². The van der Waals surface area contributed by atoms with Gasteiger partial charge in [0.05, 0.1) is 23.5 Å². The van der Waals surface area contributed by atoms with Gasteiger partial charge in [-0.05, 0) is 42.8 Å². The van der Waals surface area contributed by atoms with Gasteiger partial charge in [0.1, 0.15) is 6.10 Å². The molecular formula is C24H31N3O2Si. The molecule has 0 unspecified atom stereocenters. The van der Waals surface area contributed by atoms with Crippen LogP contribution in [0.3, 0.4) is 0 Å². The van der Waals surface area contributed by atoms with E-state index in [1.807, 2.05) is 49.4 Å². The molecule has 0 bridgehead atoms. The zero-order chi connectivity index (χ0) is 21.7. The van der Waals surface area contributed by atoms with E-state index in [-0.39, 0.29) is 22.7 Å². The van der Waals surface area contributed by atoms with Gasteiger partial charge in [-0.3, -0.25) is 9.80 Å². The normalized spacial score (nSPS) is 17.9. The van der Waals surface area contributed by atoms with E-state index in [1.165, 1.54) is 5.56 Å². The van der Waals surface area contributed by atoms with Gasteiger partial charge in [-0.2, -0.15) is 0 Å². The topological polar surface area (TPSA) is 47.1 Å². The van der Waals surface area contributed by atoms with Crippen molar-refractivity contribution in [3.05, 3.63) is 76.3 Å². The lowest BCUT2D eigenvalue weighted by Gasteiger charge is -2.38. The number of benzene rings is 2. The third kappa shape index (κ3) is 3.70. The number of nitrogens with zero attached hydrogens (tertiary/aromatic N) is 3.